The number of anilines is 4. The molecule has 2 heterocycles. The molecule has 1 saturated heterocycles. The number of pyridine rings is 1. The van der Waals surface area contributed by atoms with Gasteiger partial charge >= 0.3 is 0 Å². The van der Waals surface area contributed by atoms with Crippen LogP contribution in [0.15, 0.2) is 60.8 Å². The Morgan fingerprint density at radius 2 is 1.82 bits per heavy atom. The summed E-state index contributed by atoms with van der Waals surface area (Å²) >= 11 is 6.29. The number of nitrogens with two attached hydrogens (primary N) is 1. The maximum atomic E-state index is 11.6. The van der Waals surface area contributed by atoms with Crippen LogP contribution in [0.2, 0.25) is 5.02 Å². The molecule has 0 saturated carbocycles. The number of benzene rings is 2. The molecule has 5 N–H and O–H groups in total. The van der Waals surface area contributed by atoms with Crippen LogP contribution in [-0.4, -0.2) is 36.1 Å². The quantitative estimate of drug-likeness (QED) is 0.385. The first kappa shape index (κ1) is 23.9. The normalized spacial score (nSPS) is 17.9. The van der Waals surface area contributed by atoms with Gasteiger partial charge in [-0.15, -0.1) is 0 Å². The third kappa shape index (κ3) is 6.18. The minimum atomic E-state index is -0.407. The number of carbonyl (C=O) groups excluding carboxylic acids is 1. The molecule has 0 spiro atoms. The lowest BCUT2D eigenvalue weighted by Crippen LogP contribution is -2.54. The van der Waals surface area contributed by atoms with Crippen molar-refractivity contribution >= 4 is 40.4 Å². The van der Waals surface area contributed by atoms with Crippen LogP contribution in [0, 0.1) is 0 Å². The summed E-state index contributed by atoms with van der Waals surface area (Å²) < 4.78 is 0. The summed E-state index contributed by atoms with van der Waals surface area (Å²) in [6, 6.07) is 18.8. The number of piperazine rings is 1. The van der Waals surface area contributed by atoms with E-state index in [1.54, 1.807) is 6.20 Å². The Labute approximate surface area is 205 Å². The average molecular weight is 479 g/mol. The van der Waals surface area contributed by atoms with Gasteiger partial charge in [0, 0.05) is 71.6 Å². The summed E-state index contributed by atoms with van der Waals surface area (Å²) in [6.45, 7) is 6.92. The van der Waals surface area contributed by atoms with Crippen molar-refractivity contribution < 1.29 is 4.79 Å². The maximum Gasteiger partial charge on any atom is 0.221 e. The van der Waals surface area contributed by atoms with E-state index in [0.717, 1.165) is 35.6 Å². The number of halogens is 1. The molecule has 8 heteroatoms. The third-order valence-corrected chi connectivity index (χ3v) is 6.21. The molecule has 1 aliphatic heterocycles. The summed E-state index contributed by atoms with van der Waals surface area (Å²) in [5, 5.41) is 11.0. The number of aromatic nitrogens is 1. The first-order valence-corrected chi connectivity index (χ1v) is 11.9. The molecular weight excluding hydrogens is 448 g/mol. The summed E-state index contributed by atoms with van der Waals surface area (Å²) in [4.78, 5) is 18.4. The molecule has 1 fully saturated rings. The Bertz CT molecular complexity index is 1130. The fraction of sp³-hybridized carbons (Fsp3) is 0.308. The van der Waals surface area contributed by atoms with E-state index in [1.807, 2.05) is 30.3 Å². The summed E-state index contributed by atoms with van der Waals surface area (Å²) in [6.07, 6.45) is 1.79. The topological polar surface area (TPSA) is 95.3 Å². The fourth-order valence-electron chi connectivity index (χ4n) is 4.32. The second kappa shape index (κ2) is 10.8. The number of hydrogen-bond donors (Lipinski definition) is 4. The number of rotatable bonds is 8. The van der Waals surface area contributed by atoms with Gasteiger partial charge in [-0.3, -0.25) is 4.79 Å². The highest BCUT2D eigenvalue weighted by atomic mass is 35.5. The predicted octanol–water partition coefficient (Wildman–Crippen LogP) is 4.31. The van der Waals surface area contributed by atoms with E-state index in [4.69, 9.17) is 17.3 Å². The molecular formula is C26H31ClN6O. The monoisotopic (exact) mass is 478 g/mol. The van der Waals surface area contributed by atoms with E-state index in [0.29, 0.717) is 29.5 Å². The second-order valence-corrected chi connectivity index (χ2v) is 9.27. The van der Waals surface area contributed by atoms with E-state index in [2.05, 4.69) is 63.9 Å². The third-order valence-electron chi connectivity index (χ3n) is 5.84. The van der Waals surface area contributed by atoms with Crippen molar-refractivity contribution in [1.82, 2.24) is 10.3 Å². The molecule has 1 aromatic heterocycles. The lowest BCUT2D eigenvalue weighted by molar-refractivity contribution is -0.117. The average Bonchev–Trinajstić information content (AvgIpc) is 2.79. The van der Waals surface area contributed by atoms with E-state index >= 15 is 0 Å². The van der Waals surface area contributed by atoms with Crippen LogP contribution in [0.1, 0.15) is 25.0 Å². The van der Waals surface area contributed by atoms with Gasteiger partial charge in [0.2, 0.25) is 5.91 Å². The molecule has 7 nitrogen and oxygen atoms in total. The predicted molar refractivity (Wildman–Crippen MR) is 140 cm³/mol. The van der Waals surface area contributed by atoms with Crippen LogP contribution in [0.5, 0.6) is 0 Å². The van der Waals surface area contributed by atoms with Crippen LogP contribution in [0.4, 0.5) is 22.9 Å². The standard InChI is InChI=1S/C26H31ClN6O/c1-17-15-33(16-18(2)31-17)22-9-7-21(8-10-22)32-26-12-24(20(14-30-26)11-25(28)34)29-13-19-5-3-4-6-23(19)27/h3-10,12,14,17-18,31H,11,13,15-16H2,1-2H3,(H2,28,34)(H2,29,30,32)/t17-,18+. The minimum Gasteiger partial charge on any atom is -0.381 e. The van der Waals surface area contributed by atoms with Gasteiger partial charge < -0.3 is 26.6 Å². The molecule has 178 valence electrons. The van der Waals surface area contributed by atoms with E-state index < -0.39 is 5.91 Å². The lowest BCUT2D eigenvalue weighted by Gasteiger charge is -2.37. The number of amides is 1. The zero-order valence-corrected chi connectivity index (χ0v) is 20.3. The van der Waals surface area contributed by atoms with Crippen molar-refractivity contribution in [3.8, 4) is 0 Å². The van der Waals surface area contributed by atoms with Gasteiger partial charge in [-0.2, -0.15) is 0 Å². The zero-order chi connectivity index (χ0) is 24.1. The number of primary amides is 1. The largest absolute Gasteiger partial charge is 0.381 e. The molecule has 2 aromatic carbocycles. The Hall–Kier alpha value is -3.29. The van der Waals surface area contributed by atoms with Gasteiger partial charge in [0.1, 0.15) is 5.82 Å². The van der Waals surface area contributed by atoms with Crippen LogP contribution in [0.3, 0.4) is 0 Å². The van der Waals surface area contributed by atoms with E-state index in [9.17, 15) is 4.79 Å². The summed E-state index contributed by atoms with van der Waals surface area (Å²) in [5.74, 6) is 0.266. The van der Waals surface area contributed by atoms with Crippen LogP contribution in [0.25, 0.3) is 0 Å². The molecule has 1 aliphatic rings. The highest BCUT2D eigenvalue weighted by Crippen LogP contribution is 2.26. The summed E-state index contributed by atoms with van der Waals surface area (Å²) in [5.41, 5.74) is 10.1. The Morgan fingerprint density at radius 1 is 1.12 bits per heavy atom. The van der Waals surface area contributed by atoms with Crippen LogP contribution in [-0.2, 0) is 17.8 Å². The minimum absolute atomic E-state index is 0.106. The van der Waals surface area contributed by atoms with Crippen molar-refractivity contribution in [2.24, 2.45) is 5.73 Å². The fourth-order valence-corrected chi connectivity index (χ4v) is 4.52. The Kier molecular flexibility index (Phi) is 7.55. The zero-order valence-electron chi connectivity index (χ0n) is 19.5. The highest BCUT2D eigenvalue weighted by molar-refractivity contribution is 6.31. The number of carbonyl (C=O) groups is 1. The van der Waals surface area contributed by atoms with Gasteiger partial charge in [0.05, 0.1) is 6.42 Å². The molecule has 0 aliphatic carbocycles. The first-order chi connectivity index (χ1) is 16.4. The van der Waals surface area contributed by atoms with Gasteiger partial charge in [-0.1, -0.05) is 29.8 Å². The van der Waals surface area contributed by atoms with Crippen LogP contribution < -0.4 is 26.6 Å². The molecule has 3 aromatic rings. The van der Waals surface area contributed by atoms with Crippen molar-refractivity contribution in [3.05, 3.63) is 76.9 Å². The Balaban J connectivity index is 1.48. The van der Waals surface area contributed by atoms with Crippen molar-refractivity contribution in [1.29, 1.82) is 0 Å². The maximum absolute atomic E-state index is 11.6. The lowest BCUT2D eigenvalue weighted by atomic mass is 10.1. The Morgan fingerprint density at radius 3 is 2.50 bits per heavy atom. The van der Waals surface area contributed by atoms with Crippen molar-refractivity contribution in [3.63, 3.8) is 0 Å². The van der Waals surface area contributed by atoms with Gasteiger partial charge in [0.15, 0.2) is 0 Å². The number of nitrogens with zero attached hydrogens (tertiary/aromatic N) is 2. The van der Waals surface area contributed by atoms with E-state index in [-0.39, 0.29) is 6.42 Å². The molecule has 0 bridgehead atoms. The molecule has 2 atom stereocenters. The molecule has 0 unspecified atom stereocenters. The van der Waals surface area contributed by atoms with E-state index in [1.165, 1.54) is 5.69 Å². The SMILES string of the molecule is C[C@@H]1CN(c2ccc(Nc3cc(NCc4ccccc4Cl)c(CC(N)=O)cn3)cc2)C[C@H](C)N1. The van der Waals surface area contributed by atoms with Crippen molar-refractivity contribution in [2.75, 3.05) is 28.6 Å². The van der Waals surface area contributed by atoms with Gasteiger partial charge in [-0.05, 0) is 49.7 Å². The number of nitrogens with one attached hydrogen (secondary N) is 3. The molecule has 4 rings (SSSR count). The number of hydrogen-bond acceptors (Lipinski definition) is 6. The van der Waals surface area contributed by atoms with Crippen LogP contribution >= 0.6 is 11.6 Å². The molecule has 0 radical (unpaired) electrons. The van der Waals surface area contributed by atoms with Gasteiger partial charge in [0.25, 0.3) is 0 Å². The second-order valence-electron chi connectivity index (χ2n) is 8.86. The summed E-state index contributed by atoms with van der Waals surface area (Å²) in [7, 11) is 0. The van der Waals surface area contributed by atoms with Crippen molar-refractivity contribution in [2.45, 2.75) is 38.9 Å². The highest BCUT2D eigenvalue weighted by Gasteiger charge is 2.21. The molecule has 1 amide bonds. The molecule has 34 heavy (non-hydrogen) atoms. The smallest absolute Gasteiger partial charge is 0.221 e. The first-order valence-electron chi connectivity index (χ1n) is 11.5. The van der Waals surface area contributed by atoms with Gasteiger partial charge in [-0.25, -0.2) is 4.98 Å².